The minimum absolute atomic E-state index is 0. The highest BCUT2D eigenvalue weighted by molar-refractivity contribution is 6.33. The zero-order valence-corrected chi connectivity index (χ0v) is 15.6. The lowest BCUT2D eigenvalue weighted by molar-refractivity contribution is -0.141. The van der Waals surface area contributed by atoms with Gasteiger partial charge in [0.1, 0.15) is 5.82 Å². The Morgan fingerprint density at radius 2 is 2.08 bits per heavy atom. The number of imidazole rings is 1. The van der Waals surface area contributed by atoms with Crippen LogP contribution in [0.1, 0.15) is 12.8 Å². The molecule has 0 radical (unpaired) electrons. The Kier molecular flexibility index (Phi) is 5.39. The number of aliphatic carboxylic acids is 1. The fourth-order valence-corrected chi connectivity index (χ4v) is 3.59. The third-order valence-corrected chi connectivity index (χ3v) is 5.06. The number of aromatic nitrogens is 2. The molecule has 0 spiro atoms. The van der Waals surface area contributed by atoms with Crippen molar-refractivity contribution >= 4 is 46.7 Å². The van der Waals surface area contributed by atoms with Crippen molar-refractivity contribution in [3.63, 3.8) is 0 Å². The van der Waals surface area contributed by atoms with Crippen molar-refractivity contribution in [2.75, 3.05) is 18.0 Å². The Labute approximate surface area is 162 Å². The van der Waals surface area contributed by atoms with Gasteiger partial charge in [-0.3, -0.25) is 4.79 Å². The molecule has 1 aliphatic heterocycles. The second-order valence-electron chi connectivity index (χ2n) is 6.39. The van der Waals surface area contributed by atoms with E-state index < -0.39 is 5.97 Å². The summed E-state index contributed by atoms with van der Waals surface area (Å²) in [5.41, 5.74) is 3.66. The first kappa shape index (κ1) is 18.5. The molecule has 3 aromatic rings. The molecular weight excluding hydrogens is 373 g/mol. The van der Waals surface area contributed by atoms with Crippen molar-refractivity contribution in [2.24, 2.45) is 5.92 Å². The summed E-state index contributed by atoms with van der Waals surface area (Å²) in [6, 6.07) is 13.6. The van der Waals surface area contributed by atoms with Crippen LogP contribution < -0.4 is 4.90 Å². The SMILES string of the molecule is Cl.O=C(O)[C@@H]1CCCN(c2ccc(Cl)c(-c3nc4ccccc4[nH]3)c2)C1. The largest absolute Gasteiger partial charge is 0.481 e. The number of hydrogen-bond acceptors (Lipinski definition) is 3. The molecule has 2 N–H and O–H groups in total. The molecule has 7 heteroatoms. The van der Waals surface area contributed by atoms with Gasteiger partial charge in [0.25, 0.3) is 0 Å². The molecule has 4 rings (SSSR count). The van der Waals surface area contributed by atoms with Gasteiger partial charge in [-0.15, -0.1) is 12.4 Å². The van der Waals surface area contributed by atoms with E-state index in [9.17, 15) is 9.90 Å². The third-order valence-electron chi connectivity index (χ3n) is 4.73. The molecule has 1 fully saturated rings. The Balaban J connectivity index is 0.00000196. The number of halogens is 2. The fraction of sp³-hybridized carbons (Fsp3) is 0.263. The monoisotopic (exact) mass is 391 g/mol. The van der Waals surface area contributed by atoms with Crippen LogP contribution in [-0.4, -0.2) is 34.1 Å². The van der Waals surface area contributed by atoms with Crippen LogP contribution in [-0.2, 0) is 4.79 Å². The summed E-state index contributed by atoms with van der Waals surface area (Å²) in [6.07, 6.45) is 1.61. The number of hydrogen-bond donors (Lipinski definition) is 2. The topological polar surface area (TPSA) is 69.2 Å². The lowest BCUT2D eigenvalue weighted by Crippen LogP contribution is -2.38. The maximum Gasteiger partial charge on any atom is 0.308 e. The Hall–Kier alpha value is -2.24. The van der Waals surface area contributed by atoms with Gasteiger partial charge in [-0.1, -0.05) is 23.7 Å². The summed E-state index contributed by atoms with van der Waals surface area (Å²) in [4.78, 5) is 21.3. The van der Waals surface area contributed by atoms with Crippen LogP contribution >= 0.6 is 24.0 Å². The zero-order chi connectivity index (χ0) is 17.4. The van der Waals surface area contributed by atoms with Crippen LogP contribution in [0.2, 0.25) is 5.02 Å². The van der Waals surface area contributed by atoms with Gasteiger partial charge >= 0.3 is 5.97 Å². The van der Waals surface area contributed by atoms with Crippen molar-refractivity contribution in [2.45, 2.75) is 12.8 Å². The number of nitrogens with zero attached hydrogens (tertiary/aromatic N) is 2. The van der Waals surface area contributed by atoms with Gasteiger partial charge in [0, 0.05) is 24.3 Å². The Morgan fingerprint density at radius 1 is 1.27 bits per heavy atom. The van der Waals surface area contributed by atoms with Crippen LogP contribution in [0.4, 0.5) is 5.69 Å². The van der Waals surface area contributed by atoms with Crippen LogP contribution in [0.15, 0.2) is 42.5 Å². The molecule has 2 heterocycles. The molecule has 1 aromatic heterocycles. The van der Waals surface area contributed by atoms with Crippen LogP contribution in [0.3, 0.4) is 0 Å². The highest BCUT2D eigenvalue weighted by atomic mass is 35.5. The summed E-state index contributed by atoms with van der Waals surface area (Å²) in [5, 5.41) is 9.92. The smallest absolute Gasteiger partial charge is 0.308 e. The van der Waals surface area contributed by atoms with Crippen molar-refractivity contribution in [3.05, 3.63) is 47.5 Å². The summed E-state index contributed by atoms with van der Waals surface area (Å²) in [5.74, 6) is -0.324. The number of nitrogens with one attached hydrogen (secondary N) is 1. The van der Waals surface area contributed by atoms with Gasteiger partial charge in [-0.2, -0.15) is 0 Å². The molecule has 1 saturated heterocycles. The lowest BCUT2D eigenvalue weighted by Gasteiger charge is -2.32. The van der Waals surface area contributed by atoms with Crippen molar-refractivity contribution in [1.29, 1.82) is 0 Å². The molecule has 5 nitrogen and oxygen atoms in total. The summed E-state index contributed by atoms with van der Waals surface area (Å²) in [6.45, 7) is 1.38. The zero-order valence-electron chi connectivity index (χ0n) is 14.0. The van der Waals surface area contributed by atoms with E-state index in [-0.39, 0.29) is 18.3 Å². The molecule has 0 bridgehead atoms. The molecule has 0 unspecified atom stereocenters. The molecule has 1 aliphatic rings. The van der Waals surface area contributed by atoms with Crippen molar-refractivity contribution in [1.82, 2.24) is 9.97 Å². The maximum atomic E-state index is 11.3. The number of anilines is 1. The van der Waals surface area contributed by atoms with E-state index in [1.807, 2.05) is 42.5 Å². The van der Waals surface area contributed by atoms with Crippen LogP contribution in [0.5, 0.6) is 0 Å². The van der Waals surface area contributed by atoms with Crippen molar-refractivity contribution < 1.29 is 9.90 Å². The molecule has 0 saturated carbocycles. The first-order chi connectivity index (χ1) is 12.1. The maximum absolute atomic E-state index is 11.3. The van der Waals surface area contributed by atoms with Crippen LogP contribution in [0, 0.1) is 5.92 Å². The minimum Gasteiger partial charge on any atom is -0.481 e. The summed E-state index contributed by atoms with van der Waals surface area (Å²) in [7, 11) is 0. The second kappa shape index (κ2) is 7.56. The van der Waals surface area contributed by atoms with E-state index in [2.05, 4.69) is 14.9 Å². The number of H-pyrrole nitrogens is 1. The highest BCUT2D eigenvalue weighted by Gasteiger charge is 2.26. The second-order valence-corrected chi connectivity index (χ2v) is 6.80. The number of aromatic amines is 1. The van der Waals surface area contributed by atoms with Crippen LogP contribution in [0.25, 0.3) is 22.4 Å². The van der Waals surface area contributed by atoms with Gasteiger partial charge in [-0.25, -0.2) is 4.98 Å². The molecule has 26 heavy (non-hydrogen) atoms. The van der Waals surface area contributed by atoms with Gasteiger partial charge in [-0.05, 0) is 43.2 Å². The average molecular weight is 392 g/mol. The third kappa shape index (κ3) is 3.50. The van der Waals surface area contributed by atoms with E-state index in [0.29, 0.717) is 11.6 Å². The highest BCUT2D eigenvalue weighted by Crippen LogP contribution is 2.33. The number of carboxylic acid groups (broad SMARTS) is 1. The number of fused-ring (bicyclic) bond motifs is 1. The quantitative estimate of drug-likeness (QED) is 0.683. The normalized spacial score (nSPS) is 17.1. The number of carbonyl (C=O) groups is 1. The van der Waals surface area contributed by atoms with Gasteiger partial charge < -0.3 is 15.0 Å². The van der Waals surface area contributed by atoms with E-state index in [4.69, 9.17) is 11.6 Å². The molecule has 2 aromatic carbocycles. The Morgan fingerprint density at radius 3 is 2.85 bits per heavy atom. The molecule has 136 valence electrons. The number of piperidine rings is 1. The lowest BCUT2D eigenvalue weighted by atomic mass is 9.97. The average Bonchev–Trinajstić information content (AvgIpc) is 3.06. The molecule has 0 aliphatic carbocycles. The predicted octanol–water partition coefficient (Wildman–Crippen LogP) is 4.61. The fourth-order valence-electron chi connectivity index (χ4n) is 3.39. The summed E-state index contributed by atoms with van der Waals surface area (Å²) >= 11 is 6.40. The first-order valence-corrected chi connectivity index (χ1v) is 8.72. The molecule has 1 atom stereocenters. The van der Waals surface area contributed by atoms with Gasteiger partial charge in [0.05, 0.1) is 22.0 Å². The minimum atomic E-state index is -0.726. The number of rotatable bonds is 3. The van der Waals surface area contributed by atoms with Gasteiger partial charge in [0.2, 0.25) is 0 Å². The van der Waals surface area contributed by atoms with Gasteiger partial charge in [0.15, 0.2) is 0 Å². The first-order valence-electron chi connectivity index (χ1n) is 8.34. The number of benzene rings is 2. The van der Waals surface area contributed by atoms with E-state index in [1.54, 1.807) is 0 Å². The number of carboxylic acids is 1. The Bertz CT molecular complexity index is 908. The summed E-state index contributed by atoms with van der Waals surface area (Å²) < 4.78 is 0. The van der Waals surface area contributed by atoms with E-state index >= 15 is 0 Å². The van der Waals surface area contributed by atoms with E-state index in [0.717, 1.165) is 47.5 Å². The van der Waals surface area contributed by atoms with E-state index in [1.165, 1.54) is 0 Å². The predicted molar refractivity (Wildman–Crippen MR) is 106 cm³/mol. The van der Waals surface area contributed by atoms with Crippen molar-refractivity contribution in [3.8, 4) is 11.4 Å². The standard InChI is InChI=1S/C19H18ClN3O2.ClH/c20-15-8-7-13(23-9-3-4-12(11-23)19(24)25)10-14(15)18-21-16-5-1-2-6-17(16)22-18;/h1-2,5-8,10,12H,3-4,9,11H2,(H,21,22)(H,24,25);1H/t12-;/m1./s1. The number of para-hydroxylation sites is 2. The molecular formula is C19H19Cl2N3O2. The molecule has 0 amide bonds.